The summed E-state index contributed by atoms with van der Waals surface area (Å²) in [5, 5.41) is 6.30. The largest absolute Gasteiger partial charge is 0.351 e. The molecule has 0 saturated heterocycles. The van der Waals surface area contributed by atoms with Crippen LogP contribution in [0.25, 0.3) is 0 Å². The second kappa shape index (κ2) is 9.26. The van der Waals surface area contributed by atoms with Crippen molar-refractivity contribution in [3.8, 4) is 0 Å². The lowest BCUT2D eigenvalue weighted by Gasteiger charge is -2.20. The smallest absolute Gasteiger partial charge is 0.234 e. The molecule has 2 rings (SSSR count). The number of likely N-dealkylation sites (N-methyl/N-ethyl adjacent to an activating group) is 1. The van der Waals surface area contributed by atoms with Gasteiger partial charge in [0.25, 0.3) is 0 Å². The average molecular weight is 334 g/mol. The molecule has 0 aliphatic carbocycles. The van der Waals surface area contributed by atoms with Gasteiger partial charge in [0.05, 0.1) is 6.54 Å². The molecule has 0 aromatic heterocycles. The topological polar surface area (TPSA) is 44.4 Å². The molecular weight excluding hydrogens is 309 g/mol. The Bertz CT molecular complexity index is 466. The first-order chi connectivity index (χ1) is 9.06. The second-order valence-electron chi connectivity index (χ2n) is 5.49. The molecule has 0 radical (unpaired) electrons. The van der Waals surface area contributed by atoms with Crippen LogP contribution in [0.3, 0.4) is 0 Å². The van der Waals surface area contributed by atoms with Gasteiger partial charge in [-0.1, -0.05) is 18.2 Å². The summed E-state index contributed by atoms with van der Waals surface area (Å²) in [6, 6.07) is 6.81. The van der Waals surface area contributed by atoms with Crippen molar-refractivity contribution >= 4 is 30.7 Å². The summed E-state index contributed by atoms with van der Waals surface area (Å²) < 4.78 is 0. The van der Waals surface area contributed by atoms with Crippen molar-refractivity contribution in [1.82, 2.24) is 15.5 Å². The zero-order chi connectivity index (χ0) is 13.8. The highest BCUT2D eigenvalue weighted by atomic mass is 35.5. The molecule has 0 unspecified atom stereocenters. The second-order valence-corrected chi connectivity index (χ2v) is 5.49. The van der Waals surface area contributed by atoms with E-state index < -0.39 is 0 Å². The normalized spacial score (nSPS) is 12.6. The third-order valence-corrected chi connectivity index (χ3v) is 3.67. The van der Waals surface area contributed by atoms with Gasteiger partial charge >= 0.3 is 0 Å². The molecule has 0 atom stereocenters. The first-order valence-electron chi connectivity index (χ1n) is 6.84. The standard InChI is InChI=1S/C15H23N3O.2ClH/c1-11(2)18(3)10-15(19)17-7-12-4-5-13-8-16-9-14(13)6-12;;/h4-6,11,16H,7-10H2,1-3H3,(H,17,19);2*1H. The number of nitrogens with zero attached hydrogens (tertiary/aromatic N) is 1. The van der Waals surface area contributed by atoms with E-state index in [4.69, 9.17) is 0 Å². The lowest BCUT2D eigenvalue weighted by molar-refractivity contribution is -0.122. The molecule has 120 valence electrons. The molecule has 1 aliphatic rings. The Balaban J connectivity index is 0.00000200. The van der Waals surface area contributed by atoms with Crippen LogP contribution < -0.4 is 10.6 Å². The number of fused-ring (bicyclic) bond motifs is 1. The quantitative estimate of drug-likeness (QED) is 0.867. The van der Waals surface area contributed by atoms with Gasteiger partial charge in [0.15, 0.2) is 0 Å². The number of benzene rings is 1. The molecule has 4 nitrogen and oxygen atoms in total. The van der Waals surface area contributed by atoms with E-state index in [1.807, 2.05) is 11.9 Å². The Kier molecular flexibility index (Phi) is 8.90. The van der Waals surface area contributed by atoms with E-state index in [-0.39, 0.29) is 30.7 Å². The summed E-state index contributed by atoms with van der Waals surface area (Å²) in [5.74, 6) is 0.0785. The van der Waals surface area contributed by atoms with Gasteiger partial charge in [0.2, 0.25) is 5.91 Å². The molecule has 1 aromatic rings. The molecule has 1 aliphatic heterocycles. The van der Waals surface area contributed by atoms with Crippen molar-refractivity contribution in [2.75, 3.05) is 13.6 Å². The third kappa shape index (κ3) is 5.83. The van der Waals surface area contributed by atoms with Crippen molar-refractivity contribution < 1.29 is 4.79 Å². The van der Waals surface area contributed by atoms with E-state index in [9.17, 15) is 4.79 Å². The molecule has 0 fully saturated rings. The summed E-state index contributed by atoms with van der Waals surface area (Å²) in [5.41, 5.74) is 3.89. The number of halogens is 2. The number of carbonyl (C=O) groups is 1. The fraction of sp³-hybridized carbons (Fsp3) is 0.533. The summed E-state index contributed by atoms with van der Waals surface area (Å²) in [6.45, 7) is 7.12. The highest BCUT2D eigenvalue weighted by molar-refractivity contribution is 5.85. The predicted molar refractivity (Wildman–Crippen MR) is 91.1 cm³/mol. The van der Waals surface area contributed by atoms with E-state index in [0.29, 0.717) is 19.1 Å². The SMILES string of the molecule is CC(C)N(C)CC(=O)NCc1ccc2c(c1)CNC2.Cl.Cl. The van der Waals surface area contributed by atoms with E-state index in [0.717, 1.165) is 13.1 Å². The molecule has 1 heterocycles. The van der Waals surface area contributed by atoms with Crippen LogP contribution in [-0.2, 0) is 24.4 Å². The van der Waals surface area contributed by atoms with Gasteiger partial charge in [0, 0.05) is 25.7 Å². The molecule has 1 amide bonds. The number of nitrogens with one attached hydrogen (secondary N) is 2. The van der Waals surface area contributed by atoms with Crippen LogP contribution in [0.1, 0.15) is 30.5 Å². The minimum Gasteiger partial charge on any atom is -0.351 e. The Morgan fingerprint density at radius 2 is 1.95 bits per heavy atom. The van der Waals surface area contributed by atoms with E-state index >= 15 is 0 Å². The van der Waals surface area contributed by atoms with Crippen LogP contribution in [0.15, 0.2) is 18.2 Å². The maximum atomic E-state index is 11.8. The first kappa shape index (κ1) is 20.2. The number of amides is 1. The van der Waals surface area contributed by atoms with Crippen LogP contribution in [0.2, 0.25) is 0 Å². The van der Waals surface area contributed by atoms with E-state index in [1.165, 1.54) is 16.7 Å². The summed E-state index contributed by atoms with van der Waals surface area (Å²) in [4.78, 5) is 13.8. The van der Waals surface area contributed by atoms with Crippen molar-refractivity contribution in [2.45, 2.75) is 39.5 Å². The highest BCUT2D eigenvalue weighted by Crippen LogP contribution is 2.16. The first-order valence-corrected chi connectivity index (χ1v) is 6.84. The molecular formula is C15H25Cl2N3O. The van der Waals surface area contributed by atoms with Crippen LogP contribution in [0, 0.1) is 0 Å². The maximum absolute atomic E-state index is 11.8. The molecule has 6 heteroatoms. The fourth-order valence-corrected chi connectivity index (χ4v) is 2.12. The minimum absolute atomic E-state index is 0. The Labute approximate surface area is 139 Å². The van der Waals surface area contributed by atoms with Gasteiger partial charge in [-0.25, -0.2) is 0 Å². The lowest BCUT2D eigenvalue weighted by Crippen LogP contribution is -2.38. The zero-order valence-corrected chi connectivity index (χ0v) is 14.4. The van der Waals surface area contributed by atoms with Gasteiger partial charge in [-0.2, -0.15) is 0 Å². The van der Waals surface area contributed by atoms with Crippen molar-refractivity contribution in [3.05, 3.63) is 34.9 Å². The predicted octanol–water partition coefficient (Wildman–Crippen LogP) is 2.09. The number of carbonyl (C=O) groups excluding carboxylic acids is 1. The Morgan fingerprint density at radius 1 is 1.29 bits per heavy atom. The molecule has 21 heavy (non-hydrogen) atoms. The van der Waals surface area contributed by atoms with Crippen molar-refractivity contribution in [3.63, 3.8) is 0 Å². The van der Waals surface area contributed by atoms with Gasteiger partial charge < -0.3 is 10.6 Å². The molecule has 0 bridgehead atoms. The Hall–Kier alpha value is -0.810. The third-order valence-electron chi connectivity index (χ3n) is 3.67. The molecule has 1 aromatic carbocycles. The molecule has 0 saturated carbocycles. The maximum Gasteiger partial charge on any atom is 0.234 e. The van der Waals surface area contributed by atoms with E-state index in [1.54, 1.807) is 0 Å². The number of hydrogen-bond acceptors (Lipinski definition) is 3. The van der Waals surface area contributed by atoms with Crippen LogP contribution >= 0.6 is 24.8 Å². The minimum atomic E-state index is 0. The number of hydrogen-bond donors (Lipinski definition) is 2. The monoisotopic (exact) mass is 333 g/mol. The van der Waals surface area contributed by atoms with Crippen molar-refractivity contribution in [2.24, 2.45) is 0 Å². The van der Waals surface area contributed by atoms with Gasteiger partial charge in [0.1, 0.15) is 0 Å². The van der Waals surface area contributed by atoms with Crippen LogP contribution in [0.4, 0.5) is 0 Å². The summed E-state index contributed by atoms with van der Waals surface area (Å²) in [7, 11) is 1.96. The zero-order valence-electron chi connectivity index (χ0n) is 12.8. The van der Waals surface area contributed by atoms with Crippen LogP contribution in [0.5, 0.6) is 0 Å². The lowest BCUT2D eigenvalue weighted by atomic mass is 10.1. The highest BCUT2D eigenvalue weighted by Gasteiger charge is 2.11. The molecule has 2 N–H and O–H groups in total. The van der Waals surface area contributed by atoms with Gasteiger partial charge in [-0.15, -0.1) is 24.8 Å². The summed E-state index contributed by atoms with van der Waals surface area (Å²) >= 11 is 0. The Morgan fingerprint density at radius 3 is 2.62 bits per heavy atom. The van der Waals surface area contributed by atoms with E-state index in [2.05, 4.69) is 42.7 Å². The molecule has 0 spiro atoms. The number of rotatable bonds is 5. The fourth-order valence-electron chi connectivity index (χ4n) is 2.12. The summed E-state index contributed by atoms with van der Waals surface area (Å²) in [6.07, 6.45) is 0. The van der Waals surface area contributed by atoms with Crippen LogP contribution in [-0.4, -0.2) is 30.4 Å². The average Bonchev–Trinajstić information content (AvgIpc) is 2.83. The van der Waals surface area contributed by atoms with Gasteiger partial charge in [-0.3, -0.25) is 9.69 Å². The van der Waals surface area contributed by atoms with Gasteiger partial charge in [-0.05, 0) is 37.6 Å². The van der Waals surface area contributed by atoms with Crippen molar-refractivity contribution in [1.29, 1.82) is 0 Å².